The number of anilines is 1. The minimum atomic E-state index is 0.243. The summed E-state index contributed by atoms with van der Waals surface area (Å²) in [6.45, 7) is 5.16. The van der Waals surface area contributed by atoms with Crippen molar-refractivity contribution in [2.45, 2.75) is 45.4 Å². The van der Waals surface area contributed by atoms with Crippen molar-refractivity contribution in [1.82, 2.24) is 4.90 Å². The Labute approximate surface area is 149 Å². The van der Waals surface area contributed by atoms with Crippen molar-refractivity contribution in [2.75, 3.05) is 31.1 Å². The van der Waals surface area contributed by atoms with Crippen LogP contribution in [-0.2, 0) is 9.59 Å². The van der Waals surface area contributed by atoms with Gasteiger partial charge in [0.15, 0.2) is 0 Å². The third-order valence-corrected chi connectivity index (χ3v) is 4.82. The Bertz CT molecular complexity index is 537. The van der Waals surface area contributed by atoms with E-state index in [-0.39, 0.29) is 5.91 Å². The van der Waals surface area contributed by atoms with Crippen LogP contribution in [-0.4, -0.2) is 42.8 Å². The number of nitrogens with zero attached hydrogens (tertiary/aromatic N) is 2. The van der Waals surface area contributed by atoms with E-state index in [0.29, 0.717) is 25.0 Å². The quantitative estimate of drug-likeness (QED) is 0.667. The molecule has 1 aromatic carbocycles. The number of Topliss-reactive ketones (excluding diaryl/α,β-unsaturated/α-hetero) is 1. The lowest BCUT2D eigenvalue weighted by Crippen LogP contribution is -2.48. The molecule has 0 bridgehead atoms. The van der Waals surface area contributed by atoms with Crippen LogP contribution in [0.25, 0.3) is 0 Å². The number of carbonyl (C=O) groups excluding carboxylic acids is 2. The van der Waals surface area contributed by atoms with Crippen LogP contribution in [0.5, 0.6) is 0 Å². The number of benzene rings is 1. The van der Waals surface area contributed by atoms with Gasteiger partial charge in [0.2, 0.25) is 5.91 Å². The average Bonchev–Trinajstić information content (AvgIpc) is 2.62. The fraction of sp³-hybridized carbons (Fsp3) is 0.579. The highest BCUT2D eigenvalue weighted by molar-refractivity contribution is 6.30. The SMILES string of the molecule is CCC(=O)CCCCCC(=O)N1CCN(c2ccc(Cl)cc2)CC1. The van der Waals surface area contributed by atoms with Gasteiger partial charge in [0.1, 0.15) is 5.78 Å². The van der Waals surface area contributed by atoms with Gasteiger partial charge in [0, 0.05) is 56.2 Å². The molecule has 1 heterocycles. The van der Waals surface area contributed by atoms with Gasteiger partial charge >= 0.3 is 0 Å². The first kappa shape index (κ1) is 18.8. The van der Waals surface area contributed by atoms with Crippen molar-refractivity contribution < 1.29 is 9.59 Å². The molecule has 0 aliphatic carbocycles. The molecule has 1 fully saturated rings. The highest BCUT2D eigenvalue weighted by atomic mass is 35.5. The topological polar surface area (TPSA) is 40.6 Å². The molecule has 1 amide bonds. The van der Waals surface area contributed by atoms with E-state index in [4.69, 9.17) is 11.6 Å². The lowest BCUT2D eigenvalue weighted by Gasteiger charge is -2.36. The molecule has 1 aliphatic heterocycles. The van der Waals surface area contributed by atoms with Gasteiger partial charge in [-0.25, -0.2) is 0 Å². The Hall–Kier alpha value is -1.55. The highest BCUT2D eigenvalue weighted by Crippen LogP contribution is 2.19. The van der Waals surface area contributed by atoms with Crippen LogP contribution < -0.4 is 4.90 Å². The van der Waals surface area contributed by atoms with E-state index >= 15 is 0 Å². The van der Waals surface area contributed by atoms with Crippen molar-refractivity contribution in [3.05, 3.63) is 29.3 Å². The smallest absolute Gasteiger partial charge is 0.222 e. The van der Waals surface area contributed by atoms with Gasteiger partial charge in [0.25, 0.3) is 0 Å². The fourth-order valence-corrected chi connectivity index (χ4v) is 3.10. The number of hydrogen-bond acceptors (Lipinski definition) is 3. The van der Waals surface area contributed by atoms with E-state index in [0.717, 1.165) is 56.2 Å². The zero-order valence-electron chi connectivity index (χ0n) is 14.5. The van der Waals surface area contributed by atoms with Gasteiger partial charge in [-0.2, -0.15) is 0 Å². The number of carbonyl (C=O) groups is 2. The van der Waals surface area contributed by atoms with Crippen LogP contribution in [0.15, 0.2) is 24.3 Å². The van der Waals surface area contributed by atoms with E-state index in [1.807, 2.05) is 36.1 Å². The molecule has 132 valence electrons. The molecular weight excluding hydrogens is 324 g/mol. The Morgan fingerprint density at radius 3 is 2.21 bits per heavy atom. The number of unbranched alkanes of at least 4 members (excludes halogenated alkanes) is 2. The lowest BCUT2D eigenvalue weighted by atomic mass is 10.1. The Morgan fingerprint density at radius 2 is 1.58 bits per heavy atom. The van der Waals surface area contributed by atoms with Gasteiger partial charge in [-0.05, 0) is 37.1 Å². The number of hydrogen-bond donors (Lipinski definition) is 0. The summed E-state index contributed by atoms with van der Waals surface area (Å²) in [5, 5.41) is 0.744. The molecule has 0 spiro atoms. The second-order valence-corrected chi connectivity index (χ2v) is 6.73. The molecule has 2 rings (SSSR count). The third kappa shape index (κ3) is 5.82. The molecule has 5 heteroatoms. The maximum absolute atomic E-state index is 12.3. The van der Waals surface area contributed by atoms with E-state index in [1.54, 1.807) is 0 Å². The van der Waals surface area contributed by atoms with Crippen molar-refractivity contribution in [3.63, 3.8) is 0 Å². The number of rotatable bonds is 8. The molecule has 0 atom stereocenters. The minimum absolute atomic E-state index is 0.243. The molecule has 1 aliphatic rings. The predicted octanol–water partition coefficient (Wildman–Crippen LogP) is 3.92. The van der Waals surface area contributed by atoms with E-state index in [1.165, 1.54) is 0 Å². The monoisotopic (exact) mass is 350 g/mol. The maximum Gasteiger partial charge on any atom is 0.222 e. The van der Waals surface area contributed by atoms with Crippen molar-refractivity contribution in [1.29, 1.82) is 0 Å². The molecule has 24 heavy (non-hydrogen) atoms. The molecule has 0 saturated carbocycles. The fourth-order valence-electron chi connectivity index (χ4n) is 2.98. The first-order valence-corrected chi connectivity index (χ1v) is 9.28. The van der Waals surface area contributed by atoms with Crippen molar-refractivity contribution >= 4 is 29.0 Å². The van der Waals surface area contributed by atoms with Crippen molar-refractivity contribution in [3.8, 4) is 0 Å². The summed E-state index contributed by atoms with van der Waals surface area (Å²) in [6.07, 6.45) is 4.63. The van der Waals surface area contributed by atoms with Gasteiger partial charge in [0.05, 0.1) is 0 Å². The van der Waals surface area contributed by atoms with E-state index in [2.05, 4.69) is 4.90 Å². The van der Waals surface area contributed by atoms with Crippen molar-refractivity contribution in [2.24, 2.45) is 0 Å². The summed E-state index contributed by atoms with van der Waals surface area (Å²) >= 11 is 5.92. The van der Waals surface area contributed by atoms with Gasteiger partial charge in [-0.1, -0.05) is 24.9 Å². The summed E-state index contributed by atoms with van der Waals surface area (Å²) in [5.74, 6) is 0.562. The maximum atomic E-state index is 12.3. The zero-order valence-corrected chi connectivity index (χ0v) is 15.2. The summed E-state index contributed by atoms with van der Waals surface area (Å²) < 4.78 is 0. The molecule has 0 N–H and O–H groups in total. The van der Waals surface area contributed by atoms with Crippen LogP contribution in [0.4, 0.5) is 5.69 Å². The second-order valence-electron chi connectivity index (χ2n) is 6.30. The third-order valence-electron chi connectivity index (χ3n) is 4.56. The molecule has 1 saturated heterocycles. The normalized spacial score (nSPS) is 14.8. The molecule has 1 aromatic rings. The first-order valence-electron chi connectivity index (χ1n) is 8.90. The zero-order chi connectivity index (χ0) is 17.4. The summed E-state index contributed by atoms with van der Waals surface area (Å²) in [6, 6.07) is 7.85. The molecule has 0 aromatic heterocycles. The molecule has 0 unspecified atom stereocenters. The highest BCUT2D eigenvalue weighted by Gasteiger charge is 2.20. The van der Waals surface area contributed by atoms with E-state index < -0.39 is 0 Å². The summed E-state index contributed by atoms with van der Waals surface area (Å²) in [4.78, 5) is 27.7. The summed E-state index contributed by atoms with van der Waals surface area (Å²) in [5.41, 5.74) is 1.16. The van der Waals surface area contributed by atoms with Crippen LogP contribution in [0.3, 0.4) is 0 Å². The van der Waals surface area contributed by atoms with Gasteiger partial charge in [-0.15, -0.1) is 0 Å². The number of halogens is 1. The first-order chi connectivity index (χ1) is 11.6. The molecule has 4 nitrogen and oxygen atoms in total. The number of piperazine rings is 1. The minimum Gasteiger partial charge on any atom is -0.368 e. The largest absolute Gasteiger partial charge is 0.368 e. The number of amides is 1. The predicted molar refractivity (Wildman–Crippen MR) is 98.6 cm³/mol. The second kappa shape index (κ2) is 9.67. The van der Waals surface area contributed by atoms with Gasteiger partial charge < -0.3 is 9.80 Å². The molecular formula is C19H27ClN2O2. The van der Waals surface area contributed by atoms with E-state index in [9.17, 15) is 9.59 Å². The standard InChI is InChI=1S/C19H27ClN2O2/c1-2-18(23)6-4-3-5-7-19(24)22-14-12-21(13-15-22)17-10-8-16(20)9-11-17/h8-11H,2-7,12-15H2,1H3. The van der Waals surface area contributed by atoms with Gasteiger partial charge in [-0.3, -0.25) is 9.59 Å². The van der Waals surface area contributed by atoms with Crippen LogP contribution in [0.2, 0.25) is 5.02 Å². The molecule has 0 radical (unpaired) electrons. The average molecular weight is 351 g/mol. The van der Waals surface area contributed by atoms with Crippen LogP contribution in [0, 0.1) is 0 Å². The number of ketones is 1. The Morgan fingerprint density at radius 1 is 0.958 bits per heavy atom. The Kier molecular flexibility index (Phi) is 7.57. The Balaban J connectivity index is 1.65. The summed E-state index contributed by atoms with van der Waals surface area (Å²) in [7, 11) is 0. The van der Waals surface area contributed by atoms with Crippen LogP contribution >= 0.6 is 11.6 Å². The van der Waals surface area contributed by atoms with Crippen LogP contribution in [0.1, 0.15) is 45.4 Å². The lowest BCUT2D eigenvalue weighted by molar-refractivity contribution is -0.131.